The Bertz CT molecular complexity index is 269. The maximum absolute atomic E-state index is 9.92. The van der Waals surface area contributed by atoms with E-state index >= 15 is 0 Å². The van der Waals surface area contributed by atoms with E-state index in [4.69, 9.17) is 4.74 Å². The molecule has 0 aliphatic rings. The molecule has 0 saturated heterocycles. The fraction of sp³-hybridized carbons (Fsp3) is 0.333. The van der Waals surface area contributed by atoms with Crippen LogP contribution in [0.15, 0.2) is 43.0 Å². The Kier molecular flexibility index (Phi) is 4.36. The van der Waals surface area contributed by atoms with Crippen LogP contribution in [0.25, 0.3) is 0 Å². The minimum atomic E-state index is -0.631. The third kappa shape index (κ3) is 2.69. The Morgan fingerprint density at radius 1 is 1.43 bits per heavy atom. The van der Waals surface area contributed by atoms with E-state index in [1.807, 2.05) is 37.3 Å². The molecule has 76 valence electrons. The van der Waals surface area contributed by atoms with Crippen molar-refractivity contribution in [2.24, 2.45) is 0 Å². The van der Waals surface area contributed by atoms with Gasteiger partial charge in [-0.2, -0.15) is 0 Å². The van der Waals surface area contributed by atoms with E-state index in [-0.39, 0.29) is 6.10 Å². The fourth-order valence-electron chi connectivity index (χ4n) is 1.32. The summed E-state index contributed by atoms with van der Waals surface area (Å²) in [5.74, 6) is 0. The normalized spacial score (nSPS) is 14.7. The third-order valence-corrected chi connectivity index (χ3v) is 2.04. The van der Waals surface area contributed by atoms with Gasteiger partial charge in [0.15, 0.2) is 0 Å². The summed E-state index contributed by atoms with van der Waals surface area (Å²) in [6, 6.07) is 9.45. The summed E-state index contributed by atoms with van der Waals surface area (Å²) in [4.78, 5) is 0. The monoisotopic (exact) mass is 192 g/mol. The average Bonchev–Trinajstić information content (AvgIpc) is 2.26. The highest BCUT2D eigenvalue weighted by Crippen LogP contribution is 2.19. The van der Waals surface area contributed by atoms with Crippen LogP contribution >= 0.6 is 0 Å². The van der Waals surface area contributed by atoms with Gasteiger partial charge in [-0.05, 0) is 12.5 Å². The van der Waals surface area contributed by atoms with Crippen LogP contribution in [-0.2, 0) is 4.74 Å². The molecule has 0 heterocycles. The van der Waals surface area contributed by atoms with E-state index in [9.17, 15) is 5.11 Å². The van der Waals surface area contributed by atoms with Crippen molar-refractivity contribution in [2.75, 3.05) is 6.61 Å². The van der Waals surface area contributed by atoms with Gasteiger partial charge in [0.2, 0.25) is 0 Å². The second-order valence-electron chi connectivity index (χ2n) is 3.01. The van der Waals surface area contributed by atoms with Crippen molar-refractivity contribution in [1.82, 2.24) is 0 Å². The van der Waals surface area contributed by atoms with E-state index in [0.29, 0.717) is 6.61 Å². The molecule has 1 rings (SSSR count). The molecule has 0 aromatic heterocycles. The minimum absolute atomic E-state index is 0.331. The van der Waals surface area contributed by atoms with Crippen molar-refractivity contribution in [3.8, 4) is 0 Å². The van der Waals surface area contributed by atoms with Crippen molar-refractivity contribution in [1.29, 1.82) is 0 Å². The predicted molar refractivity (Wildman–Crippen MR) is 57.0 cm³/mol. The van der Waals surface area contributed by atoms with Crippen LogP contribution in [0.3, 0.4) is 0 Å². The molecule has 0 fully saturated rings. The number of aliphatic hydroxyl groups is 1. The quantitative estimate of drug-likeness (QED) is 0.725. The molecule has 2 nitrogen and oxygen atoms in total. The van der Waals surface area contributed by atoms with Gasteiger partial charge in [-0.25, -0.2) is 0 Å². The topological polar surface area (TPSA) is 29.5 Å². The summed E-state index contributed by atoms with van der Waals surface area (Å²) in [6.07, 6.45) is 0.664. The minimum Gasteiger partial charge on any atom is -0.385 e. The van der Waals surface area contributed by atoms with E-state index in [0.717, 1.165) is 5.56 Å². The molecule has 2 atom stereocenters. The highest BCUT2D eigenvalue weighted by molar-refractivity contribution is 5.19. The van der Waals surface area contributed by atoms with E-state index < -0.39 is 6.10 Å². The summed E-state index contributed by atoms with van der Waals surface area (Å²) >= 11 is 0. The first-order valence-corrected chi connectivity index (χ1v) is 4.76. The molecule has 2 heteroatoms. The van der Waals surface area contributed by atoms with Gasteiger partial charge in [-0.3, -0.25) is 0 Å². The number of aliphatic hydroxyl groups excluding tert-OH is 1. The number of ether oxygens (including phenoxy) is 1. The van der Waals surface area contributed by atoms with E-state index in [1.54, 1.807) is 6.08 Å². The van der Waals surface area contributed by atoms with Crippen LogP contribution in [0.2, 0.25) is 0 Å². The van der Waals surface area contributed by atoms with Crippen LogP contribution in [-0.4, -0.2) is 17.8 Å². The highest BCUT2D eigenvalue weighted by atomic mass is 16.5. The lowest BCUT2D eigenvalue weighted by Gasteiger charge is -2.19. The van der Waals surface area contributed by atoms with Gasteiger partial charge in [0.25, 0.3) is 0 Å². The summed E-state index contributed by atoms with van der Waals surface area (Å²) in [5.41, 5.74) is 0.853. The molecule has 0 aliphatic heterocycles. The van der Waals surface area contributed by atoms with Crippen molar-refractivity contribution in [3.63, 3.8) is 0 Å². The van der Waals surface area contributed by atoms with Crippen LogP contribution in [0, 0.1) is 0 Å². The summed E-state index contributed by atoms with van der Waals surface area (Å²) < 4.78 is 5.34. The molecule has 0 amide bonds. The predicted octanol–water partition coefficient (Wildman–Crippen LogP) is 2.31. The van der Waals surface area contributed by atoms with Gasteiger partial charge >= 0.3 is 0 Å². The Morgan fingerprint density at radius 2 is 2.07 bits per heavy atom. The third-order valence-electron chi connectivity index (χ3n) is 2.04. The zero-order chi connectivity index (χ0) is 10.4. The number of hydrogen-bond donors (Lipinski definition) is 1. The molecular formula is C12H16O2. The Hall–Kier alpha value is -1.12. The summed E-state index contributed by atoms with van der Waals surface area (Å²) in [7, 11) is 0. The van der Waals surface area contributed by atoms with Gasteiger partial charge < -0.3 is 9.84 Å². The van der Waals surface area contributed by atoms with Crippen LogP contribution < -0.4 is 0 Å². The first-order chi connectivity index (χ1) is 6.79. The highest BCUT2D eigenvalue weighted by Gasteiger charge is 2.17. The zero-order valence-electron chi connectivity index (χ0n) is 8.39. The molecule has 1 aromatic carbocycles. The molecule has 0 aliphatic carbocycles. The largest absolute Gasteiger partial charge is 0.385 e. The molecule has 1 aromatic rings. The van der Waals surface area contributed by atoms with Gasteiger partial charge in [0, 0.05) is 6.61 Å². The summed E-state index contributed by atoms with van der Waals surface area (Å²) in [5, 5.41) is 9.92. The van der Waals surface area contributed by atoms with Crippen LogP contribution in [0.4, 0.5) is 0 Å². The fourth-order valence-corrected chi connectivity index (χ4v) is 1.32. The number of hydrogen-bond acceptors (Lipinski definition) is 2. The SMILES string of the molecule is C=C[C@H](OCC)[C@H](O)c1ccccc1. The van der Waals surface area contributed by atoms with Crippen LogP contribution in [0.5, 0.6) is 0 Å². The van der Waals surface area contributed by atoms with Gasteiger partial charge in [-0.15, -0.1) is 6.58 Å². The standard InChI is InChI=1S/C12H16O2/c1-3-11(14-4-2)12(13)10-8-6-5-7-9-10/h3,5-9,11-13H,1,4H2,2H3/t11-,12+/m0/s1. The lowest BCUT2D eigenvalue weighted by Crippen LogP contribution is -2.19. The lowest BCUT2D eigenvalue weighted by atomic mass is 10.0. The average molecular weight is 192 g/mol. The van der Waals surface area contributed by atoms with Crippen LogP contribution in [0.1, 0.15) is 18.6 Å². The van der Waals surface area contributed by atoms with Gasteiger partial charge in [-0.1, -0.05) is 36.4 Å². The molecule has 0 spiro atoms. The number of rotatable bonds is 5. The molecule has 14 heavy (non-hydrogen) atoms. The zero-order valence-corrected chi connectivity index (χ0v) is 8.39. The van der Waals surface area contributed by atoms with Gasteiger partial charge in [0.1, 0.15) is 12.2 Å². The Labute approximate surface area is 84.8 Å². The van der Waals surface area contributed by atoms with E-state index in [2.05, 4.69) is 6.58 Å². The molecule has 0 saturated carbocycles. The maximum atomic E-state index is 9.92. The van der Waals surface area contributed by atoms with Crippen molar-refractivity contribution < 1.29 is 9.84 Å². The lowest BCUT2D eigenvalue weighted by molar-refractivity contribution is -0.00555. The van der Waals surface area contributed by atoms with Crippen molar-refractivity contribution in [2.45, 2.75) is 19.1 Å². The van der Waals surface area contributed by atoms with Gasteiger partial charge in [0.05, 0.1) is 0 Å². The Morgan fingerprint density at radius 3 is 2.57 bits per heavy atom. The van der Waals surface area contributed by atoms with Crippen molar-refractivity contribution >= 4 is 0 Å². The Balaban J connectivity index is 2.72. The first kappa shape index (κ1) is 11.0. The molecule has 0 unspecified atom stereocenters. The van der Waals surface area contributed by atoms with E-state index in [1.165, 1.54) is 0 Å². The molecule has 0 radical (unpaired) electrons. The smallest absolute Gasteiger partial charge is 0.109 e. The van der Waals surface area contributed by atoms with Crippen molar-refractivity contribution in [3.05, 3.63) is 48.6 Å². The second-order valence-corrected chi connectivity index (χ2v) is 3.01. The maximum Gasteiger partial charge on any atom is 0.109 e. The molecule has 1 N–H and O–H groups in total. The molecule has 0 bridgehead atoms. The molecular weight excluding hydrogens is 176 g/mol. The second kappa shape index (κ2) is 5.58. The first-order valence-electron chi connectivity index (χ1n) is 4.76. The number of benzene rings is 1. The summed E-state index contributed by atoms with van der Waals surface area (Å²) in [6.45, 7) is 6.11.